The van der Waals surface area contributed by atoms with E-state index in [4.69, 9.17) is 25.9 Å². The number of hydrogen-bond donors (Lipinski definition) is 0. The van der Waals surface area contributed by atoms with Crippen molar-refractivity contribution in [3.8, 4) is 45.0 Å². The normalized spacial score (nSPS) is 14.7. The third-order valence-corrected chi connectivity index (χ3v) is 24.6. The van der Waals surface area contributed by atoms with E-state index in [1.807, 2.05) is 101 Å². The quantitative estimate of drug-likeness (QED) is 0.128. The van der Waals surface area contributed by atoms with Crippen LogP contribution in [0.4, 0.5) is 0 Å². The molecule has 8 heterocycles. The fraction of sp³-hybridized carbons (Fsp3) is 0.229. The van der Waals surface area contributed by atoms with Crippen LogP contribution in [0.3, 0.4) is 0 Å². The van der Waals surface area contributed by atoms with Gasteiger partial charge in [0.15, 0.2) is 24.8 Å². The highest BCUT2D eigenvalue weighted by Crippen LogP contribution is 2.43. The number of benzene rings is 12. The number of furan rings is 4. The SMILES string of the molecule is Cc1cc2oc3c4ccccc4ccc3c2cc1-c1cccc[n+]1C.[2H]C([2H])(c1cc[n+](C)c(-c2cc3oc4c5ccccc5ccc4c3cc2C)c1)C(C)C.[2H]C([2H])(c1cc[n+](C)c(-c2cc3oc4c5ccccc5ccc4c3cc2C)c1)C1CCCC1.[2H]C([2H])(c1cc[n+](C)c(-c2cc3oc4c5ccccc5ccc4c3cc2C)c1)C1CCCCC1. The summed E-state index contributed by atoms with van der Waals surface area (Å²) in [5.74, 6) is 0.0830. The molecule has 0 bridgehead atoms. The lowest BCUT2D eigenvalue weighted by Crippen LogP contribution is -2.31. The van der Waals surface area contributed by atoms with Gasteiger partial charge < -0.3 is 17.7 Å². The second kappa shape index (κ2) is 31.3. The van der Waals surface area contributed by atoms with E-state index in [2.05, 4.69) is 261 Å². The lowest BCUT2D eigenvalue weighted by Gasteiger charge is -2.21. The monoisotopic (exact) mass is 1540 g/mol. The Kier molecular flexibility index (Phi) is 18.1. The Morgan fingerprint density at radius 1 is 0.291 bits per heavy atom. The number of pyridine rings is 4. The van der Waals surface area contributed by atoms with Crippen molar-refractivity contribution in [2.75, 3.05) is 0 Å². The van der Waals surface area contributed by atoms with Gasteiger partial charge in [-0.15, -0.1) is 0 Å². The van der Waals surface area contributed by atoms with E-state index in [1.54, 1.807) is 0 Å². The summed E-state index contributed by atoms with van der Waals surface area (Å²) in [7, 11) is 8.14. The predicted octanol–water partition coefficient (Wildman–Crippen LogP) is 27.2. The molecule has 8 heteroatoms. The van der Waals surface area contributed by atoms with E-state index in [-0.39, 0.29) is 17.8 Å². The molecular weight excluding hydrogens is 1430 g/mol. The molecule has 0 N–H and O–H groups in total. The van der Waals surface area contributed by atoms with E-state index in [0.29, 0.717) is 5.56 Å². The van der Waals surface area contributed by atoms with Gasteiger partial charge in [0.05, 0.1) is 16.7 Å². The van der Waals surface area contributed by atoms with Gasteiger partial charge in [0.1, 0.15) is 72.9 Å². The van der Waals surface area contributed by atoms with Crippen molar-refractivity contribution in [1.29, 1.82) is 0 Å². The third kappa shape index (κ3) is 14.4. The molecule has 0 spiro atoms. The second-order valence-electron chi connectivity index (χ2n) is 33.1. The summed E-state index contributed by atoms with van der Waals surface area (Å²) in [6.45, 7) is 12.4. The molecule has 2 fully saturated rings. The standard InChI is InChI=1S/C30H30NO.C29H28NO.C27H26NO.C23H18NO/c1-20-16-27-25-13-12-23-10-6-7-11-24(23)30(25)32-29(27)19-26(20)28-18-22(14-15-31(28)2)17-21-8-4-3-5-9-21;1-19-15-26-24-12-11-22-9-5-6-10-23(22)29(24)31-28(26)18-25(19)27-17-21(13-14-30(27)2)16-20-7-3-4-8-20;1-17(2)13-19-11-12-28(4)25(15-19)23-16-26-24(14-18(23)3)22-10-9-20-7-5-6-8-21(20)27(22)29-26;1-15-13-22-20(14-19(15)21-9-5-6-12-24(21)2)18-11-10-16-7-3-4-8-17(16)23(18)25-22/h6-7,10-16,18-19,21H,3-5,8-9,17H2,1-2H3;5-6,9-15,17-18,20H,3-4,7-8,16H2,1-2H3;5-12,14-17H,13H2,1-4H3;3-14H,1-2H3/q4*+1/i17D2;16D2;13D2;. The minimum atomic E-state index is -1.39. The molecule has 2 aliphatic carbocycles. The number of fused-ring (bicyclic) bond motifs is 20. The molecule has 20 aromatic rings. The minimum Gasteiger partial charge on any atom is -0.455 e. The van der Waals surface area contributed by atoms with Gasteiger partial charge in [-0.1, -0.05) is 193 Å². The van der Waals surface area contributed by atoms with Crippen LogP contribution in [0.1, 0.15) is 119 Å². The van der Waals surface area contributed by atoms with Crippen LogP contribution in [0.25, 0.3) is 176 Å². The molecule has 0 saturated heterocycles. The zero-order valence-electron chi connectivity index (χ0n) is 74.5. The number of aryl methyl sites for hydroxylation is 8. The van der Waals surface area contributed by atoms with Crippen LogP contribution in [0, 0.1) is 45.4 Å². The lowest BCUT2D eigenvalue weighted by molar-refractivity contribution is -0.660. The number of nitrogens with zero attached hydrogens (tertiary/aromatic N) is 4. The Morgan fingerprint density at radius 2 is 0.598 bits per heavy atom. The van der Waals surface area contributed by atoms with Crippen LogP contribution in [-0.4, -0.2) is 0 Å². The third-order valence-electron chi connectivity index (χ3n) is 24.6. The molecule has 117 heavy (non-hydrogen) atoms. The van der Waals surface area contributed by atoms with Gasteiger partial charge in [-0.25, -0.2) is 18.3 Å². The van der Waals surface area contributed by atoms with Gasteiger partial charge in [-0.05, 0) is 204 Å². The molecule has 22 rings (SSSR count). The molecule has 2 saturated carbocycles. The summed E-state index contributed by atoms with van der Waals surface area (Å²) in [5.41, 5.74) is 22.9. The van der Waals surface area contributed by atoms with Crippen LogP contribution < -0.4 is 18.3 Å². The first kappa shape index (κ1) is 67.8. The zero-order chi connectivity index (χ0) is 85.1. The Morgan fingerprint density at radius 3 is 0.974 bits per heavy atom. The number of hydrogen-bond acceptors (Lipinski definition) is 4. The first-order valence-corrected chi connectivity index (χ1v) is 41.7. The maximum atomic E-state index is 8.96. The Balaban J connectivity index is 0.000000108. The van der Waals surface area contributed by atoms with Crippen molar-refractivity contribution in [1.82, 2.24) is 0 Å². The highest BCUT2D eigenvalue weighted by molar-refractivity contribution is 6.19. The first-order valence-electron chi connectivity index (χ1n) is 44.7. The highest BCUT2D eigenvalue weighted by Gasteiger charge is 2.26. The number of rotatable bonds is 10. The summed E-state index contributed by atoms with van der Waals surface area (Å²) in [6.07, 6.45) is 13.7. The largest absolute Gasteiger partial charge is 0.455 e. The van der Waals surface area contributed by atoms with Gasteiger partial charge in [-0.2, -0.15) is 0 Å². The maximum Gasteiger partial charge on any atom is 0.212 e. The zero-order valence-corrected chi connectivity index (χ0v) is 68.5. The Bertz CT molecular complexity index is 7580. The van der Waals surface area contributed by atoms with Crippen molar-refractivity contribution in [2.45, 2.75) is 118 Å². The Labute approximate surface area is 692 Å². The second-order valence-corrected chi connectivity index (χ2v) is 33.1. The van der Waals surface area contributed by atoms with Crippen LogP contribution in [-0.2, 0) is 47.3 Å². The average molecular weight is 1540 g/mol. The summed E-state index contributed by atoms with van der Waals surface area (Å²) in [6, 6.07) is 86.2. The van der Waals surface area contributed by atoms with Gasteiger partial charge >= 0.3 is 0 Å². The minimum absolute atomic E-state index is 0.0917. The van der Waals surface area contributed by atoms with Crippen molar-refractivity contribution in [3.63, 3.8) is 0 Å². The van der Waals surface area contributed by atoms with E-state index in [9.17, 15) is 0 Å². The molecule has 0 amide bonds. The van der Waals surface area contributed by atoms with Crippen LogP contribution >= 0.6 is 0 Å². The van der Waals surface area contributed by atoms with Crippen LogP contribution in [0.2, 0.25) is 0 Å². The first-order chi connectivity index (χ1) is 59.4. The Hall–Kier alpha value is -12.5. The van der Waals surface area contributed by atoms with E-state index in [1.165, 1.54) is 60.9 Å². The highest BCUT2D eigenvalue weighted by atomic mass is 16.3. The topological polar surface area (TPSA) is 68.1 Å². The number of aromatic nitrogens is 4. The van der Waals surface area contributed by atoms with E-state index < -0.39 is 19.1 Å². The molecule has 578 valence electrons. The van der Waals surface area contributed by atoms with Gasteiger partial charge in [0, 0.05) is 127 Å². The van der Waals surface area contributed by atoms with Crippen molar-refractivity contribution < 1.29 is 44.2 Å². The molecule has 0 radical (unpaired) electrons. The molecule has 8 nitrogen and oxygen atoms in total. The molecule has 8 aromatic heterocycles. The van der Waals surface area contributed by atoms with Crippen LogP contribution in [0.5, 0.6) is 0 Å². The van der Waals surface area contributed by atoms with Gasteiger partial charge in [0.2, 0.25) is 22.8 Å². The summed E-state index contributed by atoms with van der Waals surface area (Å²) in [4.78, 5) is 0. The van der Waals surface area contributed by atoms with Crippen molar-refractivity contribution in [2.24, 2.45) is 45.9 Å². The van der Waals surface area contributed by atoms with Crippen LogP contribution in [0.15, 0.2) is 291 Å². The fourth-order valence-electron chi connectivity index (χ4n) is 18.4. The summed E-state index contributed by atoms with van der Waals surface area (Å²) in [5, 5.41) is 18.4. The average Bonchev–Trinajstić information content (AvgIpc) is 1.65. The smallest absolute Gasteiger partial charge is 0.212 e. The predicted molar refractivity (Wildman–Crippen MR) is 485 cm³/mol. The molecule has 0 aliphatic heterocycles. The van der Waals surface area contributed by atoms with Gasteiger partial charge in [0.25, 0.3) is 0 Å². The van der Waals surface area contributed by atoms with Gasteiger partial charge in [-0.3, -0.25) is 0 Å². The van der Waals surface area contributed by atoms with E-state index in [0.717, 1.165) is 206 Å². The van der Waals surface area contributed by atoms with Crippen molar-refractivity contribution >= 4 is 131 Å². The van der Waals surface area contributed by atoms with E-state index >= 15 is 0 Å². The summed E-state index contributed by atoms with van der Waals surface area (Å²) >= 11 is 0. The molecule has 12 aromatic carbocycles. The summed E-state index contributed by atoms with van der Waals surface area (Å²) < 4.78 is 86.6. The molecule has 0 unspecified atom stereocenters. The molecule has 2 aliphatic rings. The molecule has 0 atom stereocenters. The fourth-order valence-corrected chi connectivity index (χ4v) is 18.4. The van der Waals surface area contributed by atoms with Crippen molar-refractivity contribution in [3.05, 3.63) is 312 Å². The molecular formula is C109H102N4O4+4. The lowest BCUT2D eigenvalue weighted by atomic mass is 9.85. The maximum absolute atomic E-state index is 8.96.